The molecule has 1 atom stereocenters. The summed E-state index contributed by atoms with van der Waals surface area (Å²) in [4.78, 5) is 15.2. The molecule has 2 nitrogen and oxygen atoms in total. The molecule has 2 aromatic rings. The second kappa shape index (κ2) is 5.34. The fraction of sp³-hybridized carbons (Fsp3) is 0.136. The number of fused-ring (bicyclic) bond motifs is 3. The zero-order valence-electron chi connectivity index (χ0n) is 13.9. The van der Waals surface area contributed by atoms with Crippen LogP contribution in [0.2, 0.25) is 0 Å². The summed E-state index contributed by atoms with van der Waals surface area (Å²) in [5.74, 6) is 0.121. The van der Waals surface area contributed by atoms with Crippen LogP contribution in [0.4, 0.5) is 0 Å². The van der Waals surface area contributed by atoms with Gasteiger partial charge in [0, 0.05) is 30.9 Å². The average Bonchev–Trinajstić information content (AvgIpc) is 2.75. The van der Waals surface area contributed by atoms with Gasteiger partial charge in [0.05, 0.1) is 5.41 Å². The van der Waals surface area contributed by atoms with E-state index in [0.717, 1.165) is 28.0 Å². The summed E-state index contributed by atoms with van der Waals surface area (Å²) < 4.78 is 0. The third-order valence-electron chi connectivity index (χ3n) is 4.94. The number of benzene rings is 2. The van der Waals surface area contributed by atoms with Crippen LogP contribution in [0.1, 0.15) is 21.5 Å². The molecule has 0 amide bonds. The van der Waals surface area contributed by atoms with Crippen molar-refractivity contribution in [3.63, 3.8) is 0 Å². The molecule has 2 aliphatic rings. The highest BCUT2D eigenvalue weighted by atomic mass is 16.1. The summed E-state index contributed by atoms with van der Waals surface area (Å²) in [6.45, 7) is 0. The Morgan fingerprint density at radius 1 is 0.875 bits per heavy atom. The van der Waals surface area contributed by atoms with E-state index in [1.54, 1.807) is 0 Å². The van der Waals surface area contributed by atoms with Crippen molar-refractivity contribution in [1.29, 1.82) is 0 Å². The molecule has 0 fully saturated rings. The van der Waals surface area contributed by atoms with Crippen molar-refractivity contribution in [2.75, 3.05) is 14.1 Å². The fourth-order valence-corrected chi connectivity index (χ4v) is 3.72. The van der Waals surface area contributed by atoms with Crippen LogP contribution in [0, 0.1) is 0 Å². The van der Waals surface area contributed by atoms with Gasteiger partial charge in [0.2, 0.25) is 0 Å². The van der Waals surface area contributed by atoms with Crippen LogP contribution in [-0.2, 0) is 5.41 Å². The number of carbonyl (C=O) groups is 1. The molecule has 1 unspecified atom stereocenters. The largest absolute Gasteiger partial charge is 0.378 e. The van der Waals surface area contributed by atoms with E-state index in [9.17, 15) is 4.79 Å². The third kappa shape index (κ3) is 1.93. The maximum atomic E-state index is 13.1. The predicted octanol–water partition coefficient (Wildman–Crippen LogP) is 4.11. The van der Waals surface area contributed by atoms with Crippen molar-refractivity contribution in [3.05, 3.63) is 107 Å². The molecule has 0 aromatic heterocycles. The smallest absolute Gasteiger partial charge is 0.190 e. The Bertz CT molecular complexity index is 903. The molecule has 4 rings (SSSR count). The van der Waals surface area contributed by atoms with Gasteiger partial charge >= 0.3 is 0 Å². The van der Waals surface area contributed by atoms with Gasteiger partial charge in [-0.25, -0.2) is 0 Å². The Hall–Kier alpha value is -2.87. The van der Waals surface area contributed by atoms with E-state index in [1.807, 2.05) is 62.6 Å². The van der Waals surface area contributed by atoms with E-state index in [0.29, 0.717) is 0 Å². The van der Waals surface area contributed by atoms with Gasteiger partial charge in [-0.15, -0.1) is 0 Å². The van der Waals surface area contributed by atoms with Crippen LogP contribution < -0.4 is 0 Å². The second-order valence-electron chi connectivity index (χ2n) is 6.45. The normalized spacial score (nSPS) is 21.5. The Balaban J connectivity index is 2.05. The van der Waals surface area contributed by atoms with Crippen molar-refractivity contribution in [3.8, 4) is 0 Å². The molecule has 2 aromatic carbocycles. The zero-order valence-corrected chi connectivity index (χ0v) is 13.9. The molecule has 2 aliphatic carbocycles. The van der Waals surface area contributed by atoms with E-state index in [1.165, 1.54) is 0 Å². The van der Waals surface area contributed by atoms with Crippen LogP contribution in [-0.4, -0.2) is 24.8 Å². The van der Waals surface area contributed by atoms with Gasteiger partial charge in [0.15, 0.2) is 5.78 Å². The number of likely N-dealkylation sites (N-methyl/N-ethyl adjacent to an activating group) is 1. The lowest BCUT2D eigenvalue weighted by Gasteiger charge is -2.28. The Morgan fingerprint density at radius 2 is 1.58 bits per heavy atom. The molecule has 118 valence electrons. The Morgan fingerprint density at radius 3 is 2.33 bits per heavy atom. The predicted molar refractivity (Wildman–Crippen MR) is 97.0 cm³/mol. The molecule has 0 spiro atoms. The molecule has 0 saturated carbocycles. The lowest BCUT2D eigenvalue weighted by Crippen LogP contribution is -2.25. The van der Waals surface area contributed by atoms with Crippen molar-refractivity contribution < 1.29 is 4.79 Å². The molecule has 0 saturated heterocycles. The highest BCUT2D eigenvalue weighted by molar-refractivity contribution is 6.17. The Labute approximate surface area is 142 Å². The van der Waals surface area contributed by atoms with Crippen LogP contribution in [0.3, 0.4) is 0 Å². The van der Waals surface area contributed by atoms with Gasteiger partial charge in [-0.3, -0.25) is 4.79 Å². The van der Waals surface area contributed by atoms with Crippen LogP contribution in [0.15, 0.2) is 90.2 Å². The number of hydrogen-bond acceptors (Lipinski definition) is 2. The number of carbonyl (C=O) groups excluding carboxylic acids is 1. The molecule has 0 radical (unpaired) electrons. The summed E-state index contributed by atoms with van der Waals surface area (Å²) in [6.07, 6.45) is 8.31. The monoisotopic (exact) mass is 313 g/mol. The minimum absolute atomic E-state index is 0.121. The first-order valence-electron chi connectivity index (χ1n) is 8.13. The van der Waals surface area contributed by atoms with Crippen LogP contribution in [0.25, 0.3) is 0 Å². The molecule has 0 bridgehead atoms. The summed E-state index contributed by atoms with van der Waals surface area (Å²) in [5.41, 5.74) is 4.39. The molecule has 0 heterocycles. The first kappa shape index (κ1) is 14.7. The van der Waals surface area contributed by atoms with Gasteiger partial charge in [-0.2, -0.15) is 0 Å². The number of nitrogens with zero attached hydrogens (tertiary/aromatic N) is 1. The number of hydrogen-bond donors (Lipinski definition) is 0. The third-order valence-corrected chi connectivity index (χ3v) is 4.94. The highest BCUT2D eigenvalue weighted by Gasteiger charge is 2.47. The number of allylic oxidation sites excluding steroid dienone is 5. The topological polar surface area (TPSA) is 20.3 Å². The zero-order chi connectivity index (χ0) is 16.7. The lowest BCUT2D eigenvalue weighted by atomic mass is 9.72. The SMILES string of the molecule is CN(C)C1=CC=C2C(=O)c3ccccc3C2(c2ccccc2)C=C1. The van der Waals surface area contributed by atoms with E-state index in [-0.39, 0.29) is 5.78 Å². The van der Waals surface area contributed by atoms with Crippen LogP contribution >= 0.6 is 0 Å². The molecule has 24 heavy (non-hydrogen) atoms. The first-order chi connectivity index (χ1) is 11.6. The quantitative estimate of drug-likeness (QED) is 0.831. The molecule has 0 N–H and O–H groups in total. The summed E-state index contributed by atoms with van der Waals surface area (Å²) in [7, 11) is 4.03. The number of Topliss-reactive ketones (excluding diaryl/α,β-unsaturated/α-hetero) is 1. The van der Waals surface area contributed by atoms with E-state index < -0.39 is 5.41 Å². The maximum Gasteiger partial charge on any atom is 0.190 e. The first-order valence-corrected chi connectivity index (χ1v) is 8.13. The minimum Gasteiger partial charge on any atom is -0.378 e. The van der Waals surface area contributed by atoms with Crippen molar-refractivity contribution in [1.82, 2.24) is 4.90 Å². The standard InChI is InChI=1S/C22H19NO/c1-23(2)17-12-13-20-21(24)18-10-6-7-11-19(18)22(20,15-14-17)16-8-4-3-5-9-16/h3-15H,1-2H3. The lowest BCUT2D eigenvalue weighted by molar-refractivity contribution is 0.103. The van der Waals surface area contributed by atoms with Gasteiger partial charge in [0.25, 0.3) is 0 Å². The fourth-order valence-electron chi connectivity index (χ4n) is 3.72. The summed E-state index contributed by atoms with van der Waals surface area (Å²) >= 11 is 0. The van der Waals surface area contributed by atoms with Gasteiger partial charge in [-0.1, -0.05) is 66.7 Å². The summed E-state index contributed by atoms with van der Waals surface area (Å²) in [6, 6.07) is 18.2. The molecule has 0 aliphatic heterocycles. The summed E-state index contributed by atoms with van der Waals surface area (Å²) in [5, 5.41) is 0. The molecule has 2 heteroatoms. The van der Waals surface area contributed by atoms with Crippen molar-refractivity contribution >= 4 is 5.78 Å². The Kier molecular flexibility index (Phi) is 3.27. The van der Waals surface area contributed by atoms with E-state index in [4.69, 9.17) is 0 Å². The van der Waals surface area contributed by atoms with Crippen molar-refractivity contribution in [2.45, 2.75) is 5.41 Å². The van der Waals surface area contributed by atoms with Crippen LogP contribution in [0.5, 0.6) is 0 Å². The number of ketones is 1. The molecular weight excluding hydrogens is 294 g/mol. The van der Waals surface area contributed by atoms with E-state index in [2.05, 4.69) is 35.3 Å². The highest BCUT2D eigenvalue weighted by Crippen LogP contribution is 2.49. The van der Waals surface area contributed by atoms with Gasteiger partial charge in [0.1, 0.15) is 0 Å². The van der Waals surface area contributed by atoms with E-state index >= 15 is 0 Å². The second-order valence-corrected chi connectivity index (χ2v) is 6.45. The minimum atomic E-state index is -0.511. The molecular formula is C22H19NO. The van der Waals surface area contributed by atoms with Gasteiger partial charge in [-0.05, 0) is 23.3 Å². The maximum absolute atomic E-state index is 13.1. The van der Waals surface area contributed by atoms with Gasteiger partial charge < -0.3 is 4.90 Å². The number of rotatable bonds is 2. The average molecular weight is 313 g/mol. The van der Waals surface area contributed by atoms with Crippen molar-refractivity contribution in [2.24, 2.45) is 0 Å².